The molecule has 0 amide bonds. The normalized spacial score (nSPS) is 11.4. The molecule has 0 bridgehead atoms. The van der Waals surface area contributed by atoms with E-state index in [-0.39, 0.29) is 19.2 Å². The highest BCUT2D eigenvalue weighted by Gasteiger charge is 2.00. The van der Waals surface area contributed by atoms with E-state index >= 15 is 0 Å². The molecule has 19 heteroatoms. The van der Waals surface area contributed by atoms with E-state index in [1.807, 2.05) is 13.8 Å². The first-order chi connectivity index (χ1) is 28.7. The molecule has 0 heterocycles. The molecule has 0 fully saturated rings. The fraction of sp³-hybridized carbons (Fsp3) is 0.923. The van der Waals surface area contributed by atoms with Gasteiger partial charge in [-0.25, -0.2) is 4.79 Å². The Morgan fingerprint density at radius 3 is 0.603 bits per heavy atom. The molecule has 0 spiro atoms. The molecule has 0 aromatic rings. The predicted molar refractivity (Wildman–Crippen MR) is 211 cm³/mol. The van der Waals surface area contributed by atoms with E-state index in [1.54, 1.807) is 0 Å². The van der Waals surface area contributed by atoms with Gasteiger partial charge in [0.25, 0.3) is 0 Å². The molecule has 0 saturated heterocycles. The van der Waals surface area contributed by atoms with Crippen molar-refractivity contribution in [1.29, 1.82) is 0 Å². The van der Waals surface area contributed by atoms with Gasteiger partial charge in [-0.3, -0.25) is 0 Å². The van der Waals surface area contributed by atoms with E-state index in [9.17, 15) is 4.79 Å². The van der Waals surface area contributed by atoms with Crippen LogP contribution in [0.4, 0.5) is 0 Å². The van der Waals surface area contributed by atoms with Crippen molar-refractivity contribution in [3.05, 3.63) is 11.6 Å². The monoisotopic (exact) mass is 848 g/mol. The largest absolute Gasteiger partial charge is 0.460 e. The molecule has 0 aliphatic carbocycles. The Labute approximate surface area is 346 Å². The minimum absolute atomic E-state index is 0.0196. The summed E-state index contributed by atoms with van der Waals surface area (Å²) in [5, 5.41) is 8.59. The van der Waals surface area contributed by atoms with Crippen LogP contribution in [0.3, 0.4) is 0 Å². The summed E-state index contributed by atoms with van der Waals surface area (Å²) < 4.78 is 91.8. The lowest BCUT2D eigenvalue weighted by atomic mass is 10.3. The summed E-state index contributed by atoms with van der Waals surface area (Å²) in [5.41, 5.74) is 0.895. The summed E-state index contributed by atoms with van der Waals surface area (Å²) in [6.45, 7) is 19.1. The molecule has 19 nitrogen and oxygen atoms in total. The van der Waals surface area contributed by atoms with Gasteiger partial charge in [-0.15, -0.1) is 0 Å². The smallest absolute Gasteiger partial charge is 0.330 e. The van der Waals surface area contributed by atoms with Crippen LogP contribution in [-0.2, 0) is 85.3 Å². The van der Waals surface area contributed by atoms with Gasteiger partial charge in [-0.1, -0.05) is 5.57 Å². The second-order valence-corrected chi connectivity index (χ2v) is 11.9. The highest BCUT2D eigenvalue weighted by Crippen LogP contribution is 1.92. The molecular formula is C39H76O19. The Morgan fingerprint density at radius 1 is 0.293 bits per heavy atom. The summed E-state index contributed by atoms with van der Waals surface area (Å²) in [6.07, 6.45) is 1.45. The highest BCUT2D eigenvalue weighted by atomic mass is 16.6. The van der Waals surface area contributed by atoms with Crippen molar-refractivity contribution < 1.29 is 90.4 Å². The third kappa shape index (κ3) is 52.5. The lowest BCUT2D eigenvalue weighted by molar-refractivity contribution is -0.139. The first-order valence-electron chi connectivity index (χ1n) is 20.3. The van der Waals surface area contributed by atoms with Crippen LogP contribution in [0.15, 0.2) is 11.6 Å². The maximum atomic E-state index is 11.3. The van der Waals surface area contributed by atoms with Gasteiger partial charge in [-0.05, 0) is 13.8 Å². The van der Waals surface area contributed by atoms with Crippen molar-refractivity contribution in [2.24, 2.45) is 0 Å². The van der Waals surface area contributed by atoms with E-state index < -0.39 is 0 Å². The number of carbonyl (C=O) groups is 1. The molecule has 0 unspecified atom stereocenters. The van der Waals surface area contributed by atoms with Gasteiger partial charge in [0.1, 0.15) is 6.61 Å². The molecule has 58 heavy (non-hydrogen) atoms. The Hall–Kier alpha value is -1.47. The van der Waals surface area contributed by atoms with Crippen molar-refractivity contribution >= 4 is 5.97 Å². The van der Waals surface area contributed by atoms with Crippen LogP contribution < -0.4 is 0 Å². The number of hydrogen-bond donors (Lipinski definition) is 1. The lowest BCUT2D eigenvalue weighted by Gasteiger charge is -2.09. The fourth-order valence-electron chi connectivity index (χ4n) is 3.94. The summed E-state index contributed by atoms with van der Waals surface area (Å²) in [4.78, 5) is 11.3. The van der Waals surface area contributed by atoms with Crippen LogP contribution in [0.2, 0.25) is 0 Å². The molecular weight excluding hydrogens is 772 g/mol. The lowest BCUT2D eigenvalue weighted by Crippen LogP contribution is -2.16. The minimum atomic E-state index is -0.357. The van der Waals surface area contributed by atoms with Crippen molar-refractivity contribution in [3.8, 4) is 0 Å². The number of ether oxygens (including phenoxy) is 17. The summed E-state index contributed by atoms with van der Waals surface area (Å²) in [6, 6.07) is 0. The van der Waals surface area contributed by atoms with E-state index in [4.69, 9.17) is 85.6 Å². The molecule has 0 aromatic heterocycles. The number of hydrogen-bond acceptors (Lipinski definition) is 19. The zero-order valence-electron chi connectivity index (χ0n) is 35.4. The number of carbonyl (C=O) groups excluding carboxylic acids is 1. The van der Waals surface area contributed by atoms with E-state index in [1.165, 1.54) is 6.08 Å². The van der Waals surface area contributed by atoms with Crippen LogP contribution in [0.1, 0.15) is 13.8 Å². The number of allylic oxidation sites excluding steroid dienone is 1. The maximum Gasteiger partial charge on any atom is 0.330 e. The molecule has 0 rings (SSSR count). The molecule has 0 aliphatic rings. The Bertz CT molecular complexity index is 822. The van der Waals surface area contributed by atoms with Crippen molar-refractivity contribution in [1.82, 2.24) is 0 Å². The van der Waals surface area contributed by atoms with Crippen LogP contribution in [0.25, 0.3) is 0 Å². The van der Waals surface area contributed by atoms with Gasteiger partial charge >= 0.3 is 5.97 Å². The molecule has 346 valence electrons. The number of rotatable bonds is 51. The molecule has 0 aliphatic heterocycles. The third-order valence-electron chi connectivity index (χ3n) is 6.69. The topological polar surface area (TPSA) is 194 Å². The highest BCUT2D eigenvalue weighted by molar-refractivity contribution is 5.82. The molecule has 0 aromatic carbocycles. The number of esters is 1. The molecule has 1 N–H and O–H groups in total. The van der Waals surface area contributed by atoms with Crippen molar-refractivity contribution in [3.63, 3.8) is 0 Å². The first kappa shape index (κ1) is 56.5. The van der Waals surface area contributed by atoms with Crippen LogP contribution in [0, 0.1) is 0 Å². The summed E-state index contributed by atoms with van der Waals surface area (Å²) in [7, 11) is 0. The zero-order chi connectivity index (χ0) is 41.9. The van der Waals surface area contributed by atoms with Crippen LogP contribution >= 0.6 is 0 Å². The first-order valence-corrected chi connectivity index (χ1v) is 20.3. The third-order valence-corrected chi connectivity index (χ3v) is 6.69. The Kier molecular flexibility index (Phi) is 50.4. The SMILES string of the molecule is CC(C)=CC(=O)OCCOCCOCCOCCOCCOCCOCCOCCOCCOCCOCCOCCOCCOCCOCCOCCOCCO. The van der Waals surface area contributed by atoms with E-state index in [0.717, 1.165) is 5.57 Å². The standard InChI is InChI=1S/C39H76O19/c1-38(2)37-39(41)58-36-35-57-34-33-56-32-31-55-30-29-54-28-27-53-26-25-52-24-23-51-22-21-50-20-19-49-18-17-48-16-15-47-14-13-46-12-11-45-10-9-44-8-7-43-6-5-42-4-3-40/h37,40H,3-36H2,1-2H3. The van der Waals surface area contributed by atoms with Crippen LogP contribution in [-0.4, -0.2) is 236 Å². The molecule has 0 radical (unpaired) electrons. The quantitative estimate of drug-likeness (QED) is 0.0512. The van der Waals surface area contributed by atoms with Gasteiger partial charge in [-0.2, -0.15) is 0 Å². The zero-order valence-corrected chi connectivity index (χ0v) is 35.4. The van der Waals surface area contributed by atoms with Crippen molar-refractivity contribution in [2.45, 2.75) is 13.8 Å². The predicted octanol–water partition coefficient (Wildman–Crippen LogP) is 0.754. The van der Waals surface area contributed by atoms with Gasteiger partial charge in [0, 0.05) is 6.08 Å². The minimum Gasteiger partial charge on any atom is -0.460 e. The van der Waals surface area contributed by atoms with Crippen LogP contribution in [0.5, 0.6) is 0 Å². The van der Waals surface area contributed by atoms with Crippen molar-refractivity contribution in [2.75, 3.05) is 225 Å². The molecule has 0 atom stereocenters. The fourth-order valence-corrected chi connectivity index (χ4v) is 3.94. The number of aliphatic hydroxyl groups is 1. The van der Waals surface area contributed by atoms with Gasteiger partial charge in [0.15, 0.2) is 0 Å². The second kappa shape index (κ2) is 51.7. The molecule has 0 saturated carbocycles. The van der Waals surface area contributed by atoms with Gasteiger partial charge < -0.3 is 85.6 Å². The van der Waals surface area contributed by atoms with E-state index in [2.05, 4.69) is 0 Å². The van der Waals surface area contributed by atoms with Gasteiger partial charge in [0.2, 0.25) is 0 Å². The number of aliphatic hydroxyl groups excluding tert-OH is 1. The maximum absolute atomic E-state index is 11.3. The van der Waals surface area contributed by atoms with Gasteiger partial charge in [0.05, 0.1) is 218 Å². The van der Waals surface area contributed by atoms with E-state index in [0.29, 0.717) is 211 Å². The Balaban J connectivity index is 3.08. The second-order valence-electron chi connectivity index (χ2n) is 11.9. The summed E-state index contributed by atoms with van der Waals surface area (Å²) >= 11 is 0. The Morgan fingerprint density at radius 2 is 0.448 bits per heavy atom. The average Bonchev–Trinajstić information content (AvgIpc) is 3.21. The summed E-state index contributed by atoms with van der Waals surface area (Å²) in [5.74, 6) is -0.357. The average molecular weight is 849 g/mol.